The van der Waals surface area contributed by atoms with E-state index < -0.39 is 11.3 Å². The summed E-state index contributed by atoms with van der Waals surface area (Å²) in [5.41, 5.74) is 6.59. The van der Waals surface area contributed by atoms with Crippen molar-refractivity contribution in [2.75, 3.05) is 6.79 Å². The molecule has 17 heavy (non-hydrogen) atoms. The van der Waals surface area contributed by atoms with Crippen molar-refractivity contribution in [2.24, 2.45) is 5.73 Å². The van der Waals surface area contributed by atoms with E-state index in [0.29, 0.717) is 12.8 Å². The van der Waals surface area contributed by atoms with Crippen LogP contribution in [0.15, 0.2) is 18.2 Å². The fourth-order valence-corrected chi connectivity index (χ4v) is 1.64. The molecule has 0 amide bonds. The average molecular weight is 278 g/mol. The van der Waals surface area contributed by atoms with Crippen LogP contribution in [0.1, 0.15) is 12.0 Å². The SMILES string of the molecule is Cl.NC(CCc1ccc2c(c1)OCO2)C(=O)Cl. The van der Waals surface area contributed by atoms with Crippen LogP contribution >= 0.6 is 24.0 Å². The van der Waals surface area contributed by atoms with E-state index >= 15 is 0 Å². The van der Waals surface area contributed by atoms with Crippen LogP contribution in [-0.2, 0) is 11.2 Å². The van der Waals surface area contributed by atoms with Gasteiger partial charge in [-0.3, -0.25) is 4.79 Å². The summed E-state index contributed by atoms with van der Waals surface area (Å²) in [7, 11) is 0. The normalized spacial score (nSPS) is 14.0. The summed E-state index contributed by atoms with van der Waals surface area (Å²) in [6.45, 7) is 0.262. The minimum Gasteiger partial charge on any atom is -0.454 e. The van der Waals surface area contributed by atoms with E-state index in [9.17, 15) is 4.79 Å². The number of benzene rings is 1. The number of nitrogens with two attached hydrogens (primary N) is 1. The first-order valence-electron chi connectivity index (χ1n) is 5.00. The predicted octanol–water partition coefficient (Wildman–Crippen LogP) is 1.86. The zero-order valence-corrected chi connectivity index (χ0v) is 10.6. The van der Waals surface area contributed by atoms with Gasteiger partial charge in [-0.05, 0) is 42.1 Å². The van der Waals surface area contributed by atoms with E-state index in [4.69, 9.17) is 26.8 Å². The lowest BCUT2D eigenvalue weighted by Gasteiger charge is -2.06. The molecular formula is C11H13Cl2NO3. The van der Waals surface area contributed by atoms with Crippen LogP contribution in [0, 0.1) is 0 Å². The molecule has 1 heterocycles. The maximum Gasteiger partial charge on any atom is 0.238 e. The van der Waals surface area contributed by atoms with Crippen LogP contribution in [-0.4, -0.2) is 18.1 Å². The smallest absolute Gasteiger partial charge is 0.238 e. The van der Waals surface area contributed by atoms with Gasteiger partial charge >= 0.3 is 0 Å². The monoisotopic (exact) mass is 277 g/mol. The third-order valence-corrected chi connectivity index (χ3v) is 2.75. The molecule has 4 nitrogen and oxygen atoms in total. The third-order valence-electron chi connectivity index (χ3n) is 2.47. The summed E-state index contributed by atoms with van der Waals surface area (Å²) in [4.78, 5) is 10.7. The van der Waals surface area contributed by atoms with Crippen molar-refractivity contribution in [1.29, 1.82) is 0 Å². The highest BCUT2D eigenvalue weighted by Gasteiger charge is 2.14. The molecule has 94 valence electrons. The van der Waals surface area contributed by atoms with Gasteiger partial charge in [-0.15, -0.1) is 12.4 Å². The number of carbonyl (C=O) groups excluding carboxylic acids is 1. The van der Waals surface area contributed by atoms with E-state index in [1.165, 1.54) is 0 Å². The predicted molar refractivity (Wildman–Crippen MR) is 67.0 cm³/mol. The van der Waals surface area contributed by atoms with Gasteiger partial charge in [0.25, 0.3) is 0 Å². The van der Waals surface area contributed by atoms with Gasteiger partial charge in [0.1, 0.15) is 0 Å². The van der Waals surface area contributed by atoms with Crippen molar-refractivity contribution in [3.05, 3.63) is 23.8 Å². The lowest BCUT2D eigenvalue weighted by Crippen LogP contribution is -2.27. The van der Waals surface area contributed by atoms with Crippen molar-refractivity contribution < 1.29 is 14.3 Å². The molecule has 1 atom stereocenters. The Labute approximate surface area is 110 Å². The second-order valence-corrected chi connectivity index (χ2v) is 4.01. The first-order valence-corrected chi connectivity index (χ1v) is 5.38. The fourth-order valence-electron chi connectivity index (χ4n) is 1.53. The highest BCUT2D eigenvalue weighted by Crippen LogP contribution is 2.32. The molecule has 1 aromatic rings. The topological polar surface area (TPSA) is 61.6 Å². The van der Waals surface area contributed by atoms with Crippen LogP contribution in [0.25, 0.3) is 0 Å². The van der Waals surface area contributed by atoms with Crippen LogP contribution in [0.3, 0.4) is 0 Å². The summed E-state index contributed by atoms with van der Waals surface area (Å²) in [5.74, 6) is 1.49. The molecule has 0 spiro atoms. The van der Waals surface area contributed by atoms with Gasteiger partial charge < -0.3 is 15.2 Å². The second kappa shape index (κ2) is 6.10. The summed E-state index contributed by atoms with van der Waals surface area (Å²) in [6, 6.07) is 5.07. The molecule has 0 bridgehead atoms. The second-order valence-electron chi connectivity index (χ2n) is 3.64. The van der Waals surface area contributed by atoms with Crippen molar-refractivity contribution in [3.8, 4) is 11.5 Å². The molecule has 6 heteroatoms. The average Bonchev–Trinajstić information content (AvgIpc) is 2.72. The molecule has 0 aromatic heterocycles. The number of fused-ring (bicyclic) bond motifs is 1. The van der Waals surface area contributed by atoms with E-state index in [1.54, 1.807) is 0 Å². The van der Waals surface area contributed by atoms with Crippen LogP contribution in [0.2, 0.25) is 0 Å². The molecule has 0 saturated carbocycles. The Hall–Kier alpha value is -0.970. The van der Waals surface area contributed by atoms with Crippen molar-refractivity contribution in [2.45, 2.75) is 18.9 Å². The van der Waals surface area contributed by atoms with E-state index in [1.807, 2.05) is 18.2 Å². The zero-order valence-electron chi connectivity index (χ0n) is 9.02. The molecule has 0 fully saturated rings. The Morgan fingerprint density at radius 2 is 2.12 bits per heavy atom. The van der Waals surface area contributed by atoms with Gasteiger partial charge in [0.05, 0.1) is 6.04 Å². The molecule has 1 aliphatic rings. The van der Waals surface area contributed by atoms with Crippen molar-refractivity contribution >= 4 is 29.3 Å². The summed E-state index contributed by atoms with van der Waals surface area (Å²) in [6.07, 6.45) is 1.22. The van der Waals surface area contributed by atoms with Gasteiger partial charge in [0.15, 0.2) is 11.5 Å². The van der Waals surface area contributed by atoms with Gasteiger partial charge in [-0.25, -0.2) is 0 Å². The number of ether oxygens (including phenoxy) is 2. The van der Waals surface area contributed by atoms with Crippen LogP contribution < -0.4 is 15.2 Å². The highest BCUT2D eigenvalue weighted by molar-refractivity contribution is 6.64. The van der Waals surface area contributed by atoms with E-state index in [-0.39, 0.29) is 19.2 Å². The zero-order chi connectivity index (χ0) is 11.5. The van der Waals surface area contributed by atoms with Crippen molar-refractivity contribution in [1.82, 2.24) is 0 Å². The van der Waals surface area contributed by atoms with Gasteiger partial charge in [0, 0.05) is 0 Å². The molecule has 2 N–H and O–H groups in total. The minimum absolute atomic E-state index is 0. The largest absolute Gasteiger partial charge is 0.454 e. The maximum atomic E-state index is 10.7. The quantitative estimate of drug-likeness (QED) is 0.854. The van der Waals surface area contributed by atoms with Crippen LogP contribution in [0.5, 0.6) is 11.5 Å². The first-order chi connectivity index (χ1) is 7.66. The summed E-state index contributed by atoms with van der Waals surface area (Å²) >= 11 is 5.28. The minimum atomic E-state index is -0.605. The molecule has 2 rings (SSSR count). The van der Waals surface area contributed by atoms with E-state index in [0.717, 1.165) is 17.1 Å². The molecule has 0 radical (unpaired) electrons. The number of carbonyl (C=O) groups is 1. The Bertz CT molecular complexity index is 412. The Balaban J connectivity index is 0.00000144. The molecule has 0 aliphatic carbocycles. The Morgan fingerprint density at radius 1 is 1.41 bits per heavy atom. The van der Waals surface area contributed by atoms with Gasteiger partial charge in [-0.2, -0.15) is 0 Å². The van der Waals surface area contributed by atoms with Crippen LogP contribution in [0.4, 0.5) is 0 Å². The molecule has 1 aromatic carbocycles. The molecule has 1 aliphatic heterocycles. The number of hydrogen-bond acceptors (Lipinski definition) is 4. The molecule has 0 saturated heterocycles. The van der Waals surface area contributed by atoms with Gasteiger partial charge in [-0.1, -0.05) is 6.07 Å². The lowest BCUT2D eigenvalue weighted by atomic mass is 10.1. The summed E-state index contributed by atoms with van der Waals surface area (Å²) in [5, 5.41) is -0.499. The fraction of sp³-hybridized carbons (Fsp3) is 0.364. The third kappa shape index (κ3) is 3.49. The standard InChI is InChI=1S/C11H12ClNO3.ClH/c12-11(14)8(13)3-1-7-2-4-9-10(5-7)16-6-15-9;/h2,4-5,8H,1,3,6,13H2;1H. The Morgan fingerprint density at radius 3 is 2.82 bits per heavy atom. The number of aryl methyl sites for hydroxylation is 1. The Kier molecular flexibility index (Phi) is 5.05. The number of hydrogen-bond donors (Lipinski definition) is 1. The van der Waals surface area contributed by atoms with E-state index in [2.05, 4.69) is 0 Å². The highest BCUT2D eigenvalue weighted by atomic mass is 35.5. The molecule has 1 unspecified atom stereocenters. The lowest BCUT2D eigenvalue weighted by molar-refractivity contribution is -0.112. The van der Waals surface area contributed by atoms with Crippen molar-refractivity contribution in [3.63, 3.8) is 0 Å². The molecular weight excluding hydrogens is 265 g/mol. The first kappa shape index (κ1) is 14.1. The number of halogens is 2. The summed E-state index contributed by atoms with van der Waals surface area (Å²) < 4.78 is 10.4. The number of rotatable bonds is 4. The maximum absolute atomic E-state index is 10.7. The van der Waals surface area contributed by atoms with Gasteiger partial charge in [0.2, 0.25) is 12.0 Å².